The molecule has 0 bridgehead atoms. The first kappa shape index (κ1) is 15.8. The molecule has 0 heterocycles. The first-order valence-electron chi connectivity index (χ1n) is 6.26. The number of ether oxygens (including phenoxy) is 1. The summed E-state index contributed by atoms with van der Waals surface area (Å²) in [5.74, 6) is 0.261. The zero-order valence-corrected chi connectivity index (χ0v) is 13.4. The molecule has 110 valence electrons. The molecular formula is C15H14BrClN2O2. The summed E-state index contributed by atoms with van der Waals surface area (Å²) in [5, 5.41) is 3.29. The molecule has 0 saturated heterocycles. The summed E-state index contributed by atoms with van der Waals surface area (Å²) in [7, 11) is 0. The summed E-state index contributed by atoms with van der Waals surface area (Å²) in [6.07, 6.45) is 0. The number of anilines is 1. The number of amides is 1. The molecule has 2 rings (SSSR count). The van der Waals surface area contributed by atoms with Crippen LogP contribution < -0.4 is 15.8 Å². The van der Waals surface area contributed by atoms with Gasteiger partial charge in [-0.2, -0.15) is 0 Å². The number of hydrogen-bond acceptors (Lipinski definition) is 3. The van der Waals surface area contributed by atoms with E-state index < -0.39 is 0 Å². The molecule has 6 heteroatoms. The lowest BCUT2D eigenvalue weighted by Crippen LogP contribution is -2.21. The number of rotatable bonds is 5. The molecule has 4 nitrogen and oxygen atoms in total. The first-order valence-corrected chi connectivity index (χ1v) is 7.43. The van der Waals surface area contributed by atoms with E-state index in [0.29, 0.717) is 22.0 Å². The zero-order valence-electron chi connectivity index (χ0n) is 11.1. The highest BCUT2D eigenvalue weighted by Crippen LogP contribution is 2.26. The van der Waals surface area contributed by atoms with Crippen LogP contribution in [-0.2, 0) is 11.3 Å². The molecular weight excluding hydrogens is 356 g/mol. The third-order valence-electron chi connectivity index (χ3n) is 2.79. The lowest BCUT2D eigenvalue weighted by atomic mass is 10.2. The Bertz CT molecular complexity index is 649. The molecule has 0 unspecified atom stereocenters. The second kappa shape index (κ2) is 7.45. The quantitative estimate of drug-likeness (QED) is 0.846. The Hall–Kier alpha value is -1.56. The van der Waals surface area contributed by atoms with Crippen LogP contribution >= 0.6 is 27.5 Å². The van der Waals surface area contributed by atoms with Crippen molar-refractivity contribution in [1.82, 2.24) is 0 Å². The van der Waals surface area contributed by atoms with Crippen molar-refractivity contribution in [1.29, 1.82) is 0 Å². The van der Waals surface area contributed by atoms with Crippen LogP contribution in [0.4, 0.5) is 5.69 Å². The van der Waals surface area contributed by atoms with Gasteiger partial charge in [-0.1, -0.05) is 29.8 Å². The molecule has 0 atom stereocenters. The molecule has 1 amide bonds. The lowest BCUT2D eigenvalue weighted by Gasteiger charge is -2.12. The Balaban J connectivity index is 1.99. The van der Waals surface area contributed by atoms with Crippen molar-refractivity contribution >= 4 is 39.1 Å². The Kier molecular flexibility index (Phi) is 5.61. The van der Waals surface area contributed by atoms with Gasteiger partial charge in [-0.05, 0) is 40.2 Å². The van der Waals surface area contributed by atoms with Gasteiger partial charge in [0.15, 0.2) is 6.61 Å². The number of nitrogens with one attached hydrogen (secondary N) is 1. The van der Waals surface area contributed by atoms with Crippen LogP contribution in [-0.4, -0.2) is 12.5 Å². The number of carbonyl (C=O) groups is 1. The summed E-state index contributed by atoms with van der Waals surface area (Å²) >= 11 is 9.39. The molecule has 0 aliphatic rings. The van der Waals surface area contributed by atoms with Gasteiger partial charge in [0.2, 0.25) is 0 Å². The monoisotopic (exact) mass is 368 g/mol. The molecule has 0 aromatic heterocycles. The van der Waals surface area contributed by atoms with Gasteiger partial charge in [-0.25, -0.2) is 0 Å². The van der Waals surface area contributed by atoms with E-state index in [1.165, 1.54) is 0 Å². The molecule has 0 aliphatic heterocycles. The standard InChI is InChI=1S/C15H14BrClN2O2/c16-11-4-1-2-6-13(11)19-15(20)9-21-14-7-3-5-12(17)10(14)8-18/h1-7H,8-9,18H2,(H,19,20). The fourth-order valence-corrected chi connectivity index (χ4v) is 2.39. The van der Waals surface area contributed by atoms with Crippen molar-refractivity contribution < 1.29 is 9.53 Å². The van der Waals surface area contributed by atoms with E-state index in [4.69, 9.17) is 22.1 Å². The Morgan fingerprint density at radius 3 is 2.71 bits per heavy atom. The number of carbonyl (C=O) groups excluding carboxylic acids is 1. The van der Waals surface area contributed by atoms with Crippen LogP contribution in [0.25, 0.3) is 0 Å². The second-order valence-electron chi connectivity index (χ2n) is 4.24. The molecule has 0 radical (unpaired) electrons. The van der Waals surface area contributed by atoms with E-state index in [1.807, 2.05) is 18.2 Å². The van der Waals surface area contributed by atoms with E-state index in [2.05, 4.69) is 21.2 Å². The van der Waals surface area contributed by atoms with Crippen LogP contribution in [0.3, 0.4) is 0 Å². The van der Waals surface area contributed by atoms with Crippen LogP contribution in [0.5, 0.6) is 5.75 Å². The first-order chi connectivity index (χ1) is 10.1. The van der Waals surface area contributed by atoms with E-state index in [9.17, 15) is 4.79 Å². The van der Waals surface area contributed by atoms with Crippen LogP contribution in [0.2, 0.25) is 5.02 Å². The molecule has 2 aromatic rings. The van der Waals surface area contributed by atoms with Crippen LogP contribution in [0.1, 0.15) is 5.56 Å². The summed E-state index contributed by atoms with van der Waals surface area (Å²) in [6.45, 7) is 0.134. The number of nitrogens with two attached hydrogens (primary N) is 1. The minimum absolute atomic E-state index is 0.116. The summed E-state index contributed by atoms with van der Waals surface area (Å²) < 4.78 is 6.30. The van der Waals surface area contributed by atoms with Gasteiger partial charge < -0.3 is 15.8 Å². The Morgan fingerprint density at radius 2 is 2.00 bits per heavy atom. The van der Waals surface area contributed by atoms with Crippen molar-refractivity contribution in [3.63, 3.8) is 0 Å². The maximum absolute atomic E-state index is 11.9. The average Bonchev–Trinajstić information content (AvgIpc) is 2.47. The highest BCUT2D eigenvalue weighted by atomic mass is 79.9. The molecule has 0 fully saturated rings. The van der Waals surface area contributed by atoms with E-state index in [-0.39, 0.29) is 19.1 Å². The lowest BCUT2D eigenvalue weighted by molar-refractivity contribution is -0.118. The number of halogens is 2. The van der Waals surface area contributed by atoms with Crippen molar-refractivity contribution in [3.8, 4) is 5.75 Å². The fourth-order valence-electron chi connectivity index (χ4n) is 1.76. The SMILES string of the molecule is NCc1c(Cl)cccc1OCC(=O)Nc1ccccc1Br. The maximum atomic E-state index is 11.9. The molecule has 0 spiro atoms. The number of para-hydroxylation sites is 1. The zero-order chi connectivity index (χ0) is 15.2. The molecule has 3 N–H and O–H groups in total. The minimum Gasteiger partial charge on any atom is -0.483 e. The summed E-state index contributed by atoms with van der Waals surface area (Å²) in [6, 6.07) is 12.6. The van der Waals surface area contributed by atoms with Gasteiger partial charge in [-0.15, -0.1) is 0 Å². The maximum Gasteiger partial charge on any atom is 0.262 e. The van der Waals surface area contributed by atoms with Crippen molar-refractivity contribution in [2.75, 3.05) is 11.9 Å². The third kappa shape index (κ3) is 4.20. The summed E-state index contributed by atoms with van der Waals surface area (Å²) in [5.41, 5.74) is 7.01. The van der Waals surface area contributed by atoms with Gasteiger partial charge in [0.25, 0.3) is 5.91 Å². The van der Waals surface area contributed by atoms with Crippen LogP contribution in [0, 0.1) is 0 Å². The highest BCUT2D eigenvalue weighted by Gasteiger charge is 2.10. The van der Waals surface area contributed by atoms with E-state index in [0.717, 1.165) is 4.47 Å². The normalized spacial score (nSPS) is 10.2. The topological polar surface area (TPSA) is 64.3 Å². The van der Waals surface area contributed by atoms with Gasteiger partial charge >= 0.3 is 0 Å². The molecule has 0 aliphatic carbocycles. The second-order valence-corrected chi connectivity index (χ2v) is 5.50. The predicted octanol–water partition coefficient (Wildman–Crippen LogP) is 3.58. The van der Waals surface area contributed by atoms with Gasteiger partial charge in [0.05, 0.1) is 5.69 Å². The van der Waals surface area contributed by atoms with E-state index >= 15 is 0 Å². The van der Waals surface area contributed by atoms with Crippen molar-refractivity contribution in [2.45, 2.75) is 6.54 Å². The summed E-state index contributed by atoms with van der Waals surface area (Å²) in [4.78, 5) is 11.9. The largest absolute Gasteiger partial charge is 0.483 e. The van der Waals surface area contributed by atoms with Crippen LogP contribution in [0.15, 0.2) is 46.9 Å². The molecule has 0 saturated carbocycles. The Morgan fingerprint density at radius 1 is 1.24 bits per heavy atom. The number of benzene rings is 2. The van der Waals surface area contributed by atoms with Crippen molar-refractivity contribution in [2.24, 2.45) is 5.73 Å². The number of hydrogen-bond donors (Lipinski definition) is 2. The van der Waals surface area contributed by atoms with E-state index in [1.54, 1.807) is 24.3 Å². The van der Waals surface area contributed by atoms with Gasteiger partial charge in [0, 0.05) is 21.6 Å². The van der Waals surface area contributed by atoms with Gasteiger partial charge in [-0.3, -0.25) is 4.79 Å². The van der Waals surface area contributed by atoms with Gasteiger partial charge in [0.1, 0.15) is 5.75 Å². The van der Waals surface area contributed by atoms with Crippen molar-refractivity contribution in [3.05, 3.63) is 57.5 Å². The predicted molar refractivity (Wildman–Crippen MR) is 87.6 cm³/mol. The highest BCUT2D eigenvalue weighted by molar-refractivity contribution is 9.10. The Labute approximate surface area is 136 Å². The molecule has 21 heavy (non-hydrogen) atoms. The minimum atomic E-state index is -0.259. The fraction of sp³-hybridized carbons (Fsp3) is 0.133. The molecule has 2 aromatic carbocycles. The average molecular weight is 370 g/mol. The third-order valence-corrected chi connectivity index (χ3v) is 3.83. The smallest absolute Gasteiger partial charge is 0.262 e.